The van der Waals surface area contributed by atoms with Crippen molar-refractivity contribution in [1.82, 2.24) is 5.32 Å². The predicted molar refractivity (Wildman–Crippen MR) is 58.3 cm³/mol. The molecule has 1 amide bonds. The maximum atomic E-state index is 10.8. The maximum absolute atomic E-state index is 10.8. The van der Waals surface area contributed by atoms with Gasteiger partial charge in [0.15, 0.2) is 6.10 Å². The number of rotatable bonds is 7. The molecule has 4 atom stereocenters. The standard InChI is InChI=1S/C10H17NO7/c1-5(14)11-7(3-12)9(17)10(8(16)4-13)18-6(2)15/h3,7-10,13,16-17H,4H2,1-2H3,(H,11,14)/t7-,8-,9-,10-/m1/s1. The van der Waals surface area contributed by atoms with Gasteiger partial charge in [-0.2, -0.15) is 0 Å². The van der Waals surface area contributed by atoms with Gasteiger partial charge in [-0.1, -0.05) is 0 Å². The quantitative estimate of drug-likeness (QED) is 0.291. The molecule has 0 radical (unpaired) electrons. The van der Waals surface area contributed by atoms with Gasteiger partial charge in [0.1, 0.15) is 24.5 Å². The summed E-state index contributed by atoms with van der Waals surface area (Å²) in [5, 5.41) is 30.1. The second-order valence-corrected chi connectivity index (χ2v) is 3.68. The molecular weight excluding hydrogens is 246 g/mol. The molecule has 4 N–H and O–H groups in total. The van der Waals surface area contributed by atoms with Crippen molar-refractivity contribution in [3.8, 4) is 0 Å². The molecule has 0 aromatic rings. The summed E-state index contributed by atoms with van der Waals surface area (Å²) in [6.45, 7) is 1.39. The molecule has 0 fully saturated rings. The van der Waals surface area contributed by atoms with Gasteiger partial charge in [0.05, 0.1) is 6.61 Å². The third-order valence-electron chi connectivity index (χ3n) is 2.09. The highest BCUT2D eigenvalue weighted by atomic mass is 16.6. The number of hydrogen-bond acceptors (Lipinski definition) is 7. The summed E-state index contributed by atoms with van der Waals surface area (Å²) < 4.78 is 4.62. The number of aliphatic hydroxyl groups is 3. The molecule has 0 saturated carbocycles. The van der Waals surface area contributed by atoms with Crippen LogP contribution >= 0.6 is 0 Å². The van der Waals surface area contributed by atoms with Crippen LogP contribution in [0, 0.1) is 0 Å². The third kappa shape index (κ3) is 5.21. The summed E-state index contributed by atoms with van der Waals surface area (Å²) in [4.78, 5) is 32.3. The fourth-order valence-corrected chi connectivity index (χ4v) is 1.31. The largest absolute Gasteiger partial charge is 0.457 e. The molecule has 8 nitrogen and oxygen atoms in total. The Morgan fingerprint density at radius 1 is 1.33 bits per heavy atom. The van der Waals surface area contributed by atoms with E-state index in [4.69, 9.17) is 5.11 Å². The van der Waals surface area contributed by atoms with Crippen LogP contribution in [0.1, 0.15) is 13.8 Å². The van der Waals surface area contributed by atoms with E-state index in [1.165, 1.54) is 0 Å². The first-order valence-electron chi connectivity index (χ1n) is 5.20. The van der Waals surface area contributed by atoms with E-state index in [2.05, 4.69) is 10.1 Å². The second-order valence-electron chi connectivity index (χ2n) is 3.68. The zero-order valence-electron chi connectivity index (χ0n) is 10.1. The topological polar surface area (TPSA) is 133 Å². The van der Waals surface area contributed by atoms with Crippen molar-refractivity contribution < 1.29 is 34.4 Å². The predicted octanol–water partition coefficient (Wildman–Crippen LogP) is -2.66. The summed E-state index contributed by atoms with van der Waals surface area (Å²) in [6.07, 6.45) is -4.51. The Bertz CT molecular complexity index is 307. The van der Waals surface area contributed by atoms with Gasteiger partial charge in [0.25, 0.3) is 0 Å². The van der Waals surface area contributed by atoms with E-state index in [1.807, 2.05) is 0 Å². The Morgan fingerprint density at radius 2 is 1.89 bits per heavy atom. The molecule has 0 spiro atoms. The molecule has 0 unspecified atom stereocenters. The van der Waals surface area contributed by atoms with E-state index in [0.29, 0.717) is 0 Å². The van der Waals surface area contributed by atoms with Crippen LogP contribution in [0.3, 0.4) is 0 Å². The zero-order chi connectivity index (χ0) is 14.3. The molecule has 8 heteroatoms. The number of amides is 1. The lowest BCUT2D eigenvalue weighted by molar-refractivity contribution is -0.167. The van der Waals surface area contributed by atoms with Crippen molar-refractivity contribution in [2.45, 2.75) is 38.2 Å². The number of aldehydes is 1. The summed E-state index contributed by atoms with van der Waals surface area (Å²) >= 11 is 0. The molecular formula is C10H17NO7. The van der Waals surface area contributed by atoms with Crippen molar-refractivity contribution in [1.29, 1.82) is 0 Å². The van der Waals surface area contributed by atoms with E-state index in [9.17, 15) is 24.6 Å². The Labute approximate surface area is 104 Å². The van der Waals surface area contributed by atoms with E-state index in [1.54, 1.807) is 0 Å². The molecule has 0 aliphatic rings. The van der Waals surface area contributed by atoms with E-state index >= 15 is 0 Å². The maximum Gasteiger partial charge on any atom is 0.303 e. The van der Waals surface area contributed by atoms with Gasteiger partial charge in [0, 0.05) is 13.8 Å². The summed E-state index contributed by atoms with van der Waals surface area (Å²) in [5.74, 6) is -1.38. The Kier molecular flexibility index (Phi) is 7.10. The molecule has 0 bridgehead atoms. The van der Waals surface area contributed by atoms with Gasteiger partial charge in [-0.05, 0) is 0 Å². The van der Waals surface area contributed by atoms with Crippen LogP contribution in [0.4, 0.5) is 0 Å². The van der Waals surface area contributed by atoms with Crippen molar-refractivity contribution in [3.05, 3.63) is 0 Å². The summed E-state index contributed by atoms with van der Waals surface area (Å²) in [5.41, 5.74) is 0. The molecule has 0 aliphatic heterocycles. The number of carbonyl (C=O) groups is 3. The van der Waals surface area contributed by atoms with Crippen LogP contribution < -0.4 is 5.32 Å². The average Bonchev–Trinajstić information content (AvgIpc) is 2.30. The van der Waals surface area contributed by atoms with Crippen molar-refractivity contribution in [3.63, 3.8) is 0 Å². The number of hydrogen-bond donors (Lipinski definition) is 4. The fraction of sp³-hybridized carbons (Fsp3) is 0.700. The number of nitrogens with one attached hydrogen (secondary N) is 1. The molecule has 0 aliphatic carbocycles. The highest BCUT2D eigenvalue weighted by Gasteiger charge is 2.35. The van der Waals surface area contributed by atoms with Crippen molar-refractivity contribution in [2.75, 3.05) is 6.61 Å². The first-order valence-corrected chi connectivity index (χ1v) is 5.20. The van der Waals surface area contributed by atoms with Crippen LogP contribution in [0.2, 0.25) is 0 Å². The summed E-state index contributed by atoms with van der Waals surface area (Å²) in [6, 6.07) is -1.35. The second kappa shape index (κ2) is 7.75. The molecule has 104 valence electrons. The minimum absolute atomic E-state index is 0.243. The minimum Gasteiger partial charge on any atom is -0.457 e. The van der Waals surface area contributed by atoms with Gasteiger partial charge in [-0.3, -0.25) is 9.59 Å². The fourth-order valence-electron chi connectivity index (χ4n) is 1.31. The molecule has 0 aromatic carbocycles. The SMILES string of the molecule is CC(=O)N[C@H](C=O)[C@@H](O)[C@H](OC(C)=O)[C@H](O)CO. The first kappa shape index (κ1) is 16.5. The first-order chi connectivity index (χ1) is 8.33. The Hall–Kier alpha value is -1.51. The zero-order valence-corrected chi connectivity index (χ0v) is 10.1. The van der Waals surface area contributed by atoms with Crippen LogP contribution in [-0.2, 0) is 19.1 Å². The lowest BCUT2D eigenvalue weighted by Crippen LogP contribution is -2.54. The van der Waals surface area contributed by atoms with Gasteiger partial charge in [0.2, 0.25) is 5.91 Å². The Morgan fingerprint density at radius 3 is 2.22 bits per heavy atom. The monoisotopic (exact) mass is 263 g/mol. The highest BCUT2D eigenvalue weighted by Crippen LogP contribution is 2.09. The van der Waals surface area contributed by atoms with Crippen LogP contribution in [-0.4, -0.2) is 64.4 Å². The van der Waals surface area contributed by atoms with Crippen molar-refractivity contribution in [2.24, 2.45) is 0 Å². The van der Waals surface area contributed by atoms with E-state index in [0.717, 1.165) is 13.8 Å². The average molecular weight is 263 g/mol. The molecule has 0 heterocycles. The minimum atomic E-state index is -1.67. The third-order valence-corrected chi connectivity index (χ3v) is 2.09. The number of aliphatic hydroxyl groups excluding tert-OH is 3. The lowest BCUT2D eigenvalue weighted by atomic mass is 10.0. The van der Waals surface area contributed by atoms with Gasteiger partial charge in [-0.25, -0.2) is 0 Å². The van der Waals surface area contributed by atoms with Gasteiger partial charge >= 0.3 is 5.97 Å². The summed E-state index contributed by atoms with van der Waals surface area (Å²) in [7, 11) is 0. The number of carbonyl (C=O) groups excluding carboxylic acids is 3. The van der Waals surface area contributed by atoms with Crippen LogP contribution in [0.15, 0.2) is 0 Å². The van der Waals surface area contributed by atoms with Crippen LogP contribution in [0.5, 0.6) is 0 Å². The van der Waals surface area contributed by atoms with Crippen LogP contribution in [0.25, 0.3) is 0 Å². The van der Waals surface area contributed by atoms with Gasteiger partial charge in [-0.15, -0.1) is 0 Å². The molecule has 0 saturated heterocycles. The molecule has 0 aromatic heterocycles. The van der Waals surface area contributed by atoms with Gasteiger partial charge < -0.3 is 30.2 Å². The van der Waals surface area contributed by atoms with Crippen molar-refractivity contribution >= 4 is 18.2 Å². The number of esters is 1. The Balaban J connectivity index is 4.89. The normalized spacial score (nSPS) is 17.2. The lowest BCUT2D eigenvalue weighted by Gasteiger charge is -2.29. The van der Waals surface area contributed by atoms with E-state index in [-0.39, 0.29) is 6.29 Å². The molecule has 18 heavy (non-hydrogen) atoms. The molecule has 0 rings (SSSR count). The highest BCUT2D eigenvalue weighted by molar-refractivity contribution is 5.77. The smallest absolute Gasteiger partial charge is 0.303 e. The van der Waals surface area contributed by atoms with E-state index < -0.39 is 42.8 Å². The number of ether oxygens (including phenoxy) is 1.